The van der Waals surface area contributed by atoms with Crippen molar-refractivity contribution < 1.29 is 4.74 Å². The zero-order valence-electron chi connectivity index (χ0n) is 17.8. The first-order valence-electron chi connectivity index (χ1n) is 10.7. The van der Waals surface area contributed by atoms with Crippen molar-refractivity contribution in [3.8, 4) is 5.75 Å². The normalized spacial score (nSPS) is 12.0. The molecule has 2 heteroatoms. The molecule has 0 radical (unpaired) electrons. The summed E-state index contributed by atoms with van der Waals surface area (Å²) in [6.45, 7) is 2.69. The van der Waals surface area contributed by atoms with Crippen molar-refractivity contribution in [2.24, 2.45) is 4.99 Å². The summed E-state index contributed by atoms with van der Waals surface area (Å²) >= 11 is 0. The van der Waals surface area contributed by atoms with Crippen molar-refractivity contribution in [2.45, 2.75) is 26.0 Å². The first kappa shape index (κ1) is 20.6. The molecule has 1 unspecified atom stereocenters. The Balaban J connectivity index is 1.44. The Kier molecular flexibility index (Phi) is 6.92. The molecule has 0 aromatic heterocycles. The molecule has 0 fully saturated rings. The lowest BCUT2D eigenvalue weighted by atomic mass is 9.98. The van der Waals surface area contributed by atoms with Crippen LogP contribution in [0.2, 0.25) is 0 Å². The maximum atomic E-state index is 5.89. The summed E-state index contributed by atoms with van der Waals surface area (Å²) in [4.78, 5) is 4.94. The molecule has 0 saturated heterocycles. The Hall–Kier alpha value is -3.65. The molecule has 4 aromatic carbocycles. The van der Waals surface area contributed by atoms with Gasteiger partial charge in [0.15, 0.2) is 0 Å². The minimum absolute atomic E-state index is 0.0814. The third kappa shape index (κ3) is 6.16. The van der Waals surface area contributed by atoms with Crippen molar-refractivity contribution in [1.29, 1.82) is 0 Å². The van der Waals surface area contributed by atoms with E-state index in [1.165, 1.54) is 16.7 Å². The highest BCUT2D eigenvalue weighted by molar-refractivity contribution is 5.80. The summed E-state index contributed by atoms with van der Waals surface area (Å²) in [5, 5.41) is 0. The molecule has 0 aliphatic heterocycles. The molecular formula is C29H27NO. The summed E-state index contributed by atoms with van der Waals surface area (Å²) in [5.41, 5.74) is 6.02. The molecule has 31 heavy (non-hydrogen) atoms. The van der Waals surface area contributed by atoms with Crippen LogP contribution in [0.3, 0.4) is 0 Å². The van der Waals surface area contributed by atoms with Crippen LogP contribution >= 0.6 is 0 Å². The van der Waals surface area contributed by atoms with Crippen molar-refractivity contribution in [3.05, 3.63) is 137 Å². The first-order chi connectivity index (χ1) is 15.3. The molecule has 154 valence electrons. The predicted molar refractivity (Wildman–Crippen MR) is 129 cm³/mol. The predicted octanol–water partition coefficient (Wildman–Crippen LogP) is 6.98. The zero-order valence-corrected chi connectivity index (χ0v) is 17.8. The summed E-state index contributed by atoms with van der Waals surface area (Å²) in [6.07, 6.45) is 2.84. The summed E-state index contributed by atoms with van der Waals surface area (Å²) in [6, 6.07) is 37.6. The van der Waals surface area contributed by atoms with Crippen LogP contribution < -0.4 is 4.74 Å². The van der Waals surface area contributed by atoms with Crippen molar-refractivity contribution in [3.63, 3.8) is 0 Å². The molecule has 0 bridgehead atoms. The molecule has 0 aliphatic carbocycles. The highest BCUT2D eigenvalue weighted by Crippen LogP contribution is 2.23. The lowest BCUT2D eigenvalue weighted by Gasteiger charge is -2.13. The molecule has 0 amide bonds. The van der Waals surface area contributed by atoms with E-state index in [1.807, 2.05) is 42.6 Å². The van der Waals surface area contributed by atoms with Crippen LogP contribution in [-0.4, -0.2) is 6.21 Å². The second-order valence-corrected chi connectivity index (χ2v) is 7.74. The van der Waals surface area contributed by atoms with Gasteiger partial charge in [0, 0.05) is 6.21 Å². The van der Waals surface area contributed by atoms with Crippen LogP contribution in [0.4, 0.5) is 0 Å². The number of benzene rings is 4. The van der Waals surface area contributed by atoms with E-state index >= 15 is 0 Å². The van der Waals surface area contributed by atoms with Gasteiger partial charge in [-0.2, -0.15) is 0 Å². The van der Waals surface area contributed by atoms with Gasteiger partial charge < -0.3 is 4.74 Å². The number of aryl methyl sites for hydroxylation is 1. The second kappa shape index (κ2) is 10.4. The van der Waals surface area contributed by atoms with E-state index in [-0.39, 0.29) is 6.04 Å². The molecule has 4 rings (SSSR count). The Morgan fingerprint density at radius 1 is 0.710 bits per heavy atom. The van der Waals surface area contributed by atoms with Gasteiger partial charge in [-0.05, 0) is 59.9 Å². The van der Waals surface area contributed by atoms with Gasteiger partial charge in [-0.25, -0.2) is 0 Å². The van der Waals surface area contributed by atoms with Crippen LogP contribution in [-0.2, 0) is 13.0 Å². The van der Waals surface area contributed by atoms with Gasteiger partial charge in [0.2, 0.25) is 0 Å². The fraction of sp³-hybridized carbons (Fsp3) is 0.138. The maximum Gasteiger partial charge on any atom is 0.119 e. The maximum absolute atomic E-state index is 5.89. The van der Waals surface area contributed by atoms with Crippen molar-refractivity contribution in [2.75, 3.05) is 0 Å². The van der Waals surface area contributed by atoms with Gasteiger partial charge >= 0.3 is 0 Å². The van der Waals surface area contributed by atoms with Gasteiger partial charge in [-0.3, -0.25) is 4.99 Å². The molecule has 0 heterocycles. The summed E-state index contributed by atoms with van der Waals surface area (Å²) in [5.74, 6) is 0.861. The number of aliphatic imine (C=N–C) groups is 1. The van der Waals surface area contributed by atoms with E-state index in [4.69, 9.17) is 9.73 Å². The van der Waals surface area contributed by atoms with Crippen LogP contribution in [0.15, 0.2) is 114 Å². The van der Waals surface area contributed by atoms with E-state index in [9.17, 15) is 0 Å². The SMILES string of the molecule is Cc1ccc(CC(/N=C/c2ccc(OCc3ccccc3)cc2)c2ccccc2)cc1. The molecular weight excluding hydrogens is 378 g/mol. The standard InChI is InChI=1S/C29H27NO/c1-23-12-14-24(15-13-23)20-29(27-10-6-3-7-11-27)30-21-25-16-18-28(19-17-25)31-22-26-8-4-2-5-9-26/h2-19,21,29H,20,22H2,1H3/b30-21+. The van der Waals surface area contributed by atoms with E-state index in [1.54, 1.807) is 0 Å². The van der Waals surface area contributed by atoms with Crippen LogP contribution in [0.5, 0.6) is 5.75 Å². The number of nitrogens with zero attached hydrogens (tertiary/aromatic N) is 1. The Labute approximate surface area is 184 Å². The minimum atomic E-state index is 0.0814. The fourth-order valence-corrected chi connectivity index (χ4v) is 3.45. The van der Waals surface area contributed by atoms with Gasteiger partial charge in [0.1, 0.15) is 12.4 Å². The van der Waals surface area contributed by atoms with Crippen molar-refractivity contribution >= 4 is 6.21 Å². The first-order valence-corrected chi connectivity index (χ1v) is 10.7. The van der Waals surface area contributed by atoms with Crippen LogP contribution in [0, 0.1) is 6.92 Å². The highest BCUT2D eigenvalue weighted by atomic mass is 16.5. The van der Waals surface area contributed by atoms with E-state index in [2.05, 4.69) is 79.7 Å². The molecule has 1 atom stereocenters. The molecule has 2 nitrogen and oxygen atoms in total. The minimum Gasteiger partial charge on any atom is -0.489 e. The second-order valence-electron chi connectivity index (χ2n) is 7.74. The molecule has 0 saturated carbocycles. The lowest BCUT2D eigenvalue weighted by Crippen LogP contribution is -2.01. The van der Waals surface area contributed by atoms with E-state index in [0.717, 1.165) is 23.3 Å². The van der Waals surface area contributed by atoms with Gasteiger partial charge in [0.25, 0.3) is 0 Å². The van der Waals surface area contributed by atoms with Gasteiger partial charge in [-0.15, -0.1) is 0 Å². The van der Waals surface area contributed by atoms with Gasteiger partial charge in [-0.1, -0.05) is 90.5 Å². The van der Waals surface area contributed by atoms with Crippen LogP contribution in [0.1, 0.15) is 33.9 Å². The quantitative estimate of drug-likeness (QED) is 0.290. The topological polar surface area (TPSA) is 21.6 Å². The Morgan fingerprint density at radius 2 is 1.35 bits per heavy atom. The number of hydrogen-bond acceptors (Lipinski definition) is 2. The number of ether oxygens (including phenoxy) is 1. The molecule has 0 aliphatic rings. The Bertz CT molecular complexity index is 1090. The number of rotatable bonds is 8. The third-order valence-corrected chi connectivity index (χ3v) is 5.27. The highest BCUT2D eigenvalue weighted by Gasteiger charge is 2.10. The van der Waals surface area contributed by atoms with Crippen LogP contribution in [0.25, 0.3) is 0 Å². The largest absolute Gasteiger partial charge is 0.489 e. The average Bonchev–Trinajstić information content (AvgIpc) is 2.83. The lowest BCUT2D eigenvalue weighted by molar-refractivity contribution is 0.306. The fourth-order valence-electron chi connectivity index (χ4n) is 3.45. The molecule has 0 spiro atoms. The molecule has 0 N–H and O–H groups in total. The monoisotopic (exact) mass is 405 g/mol. The average molecular weight is 406 g/mol. The molecule has 4 aromatic rings. The van der Waals surface area contributed by atoms with E-state index < -0.39 is 0 Å². The summed E-state index contributed by atoms with van der Waals surface area (Å²) < 4.78 is 5.89. The Morgan fingerprint density at radius 3 is 2.03 bits per heavy atom. The van der Waals surface area contributed by atoms with Crippen molar-refractivity contribution in [1.82, 2.24) is 0 Å². The smallest absolute Gasteiger partial charge is 0.119 e. The summed E-state index contributed by atoms with van der Waals surface area (Å²) in [7, 11) is 0. The third-order valence-electron chi connectivity index (χ3n) is 5.27. The van der Waals surface area contributed by atoms with Gasteiger partial charge in [0.05, 0.1) is 6.04 Å². The zero-order chi connectivity index (χ0) is 21.3. The van der Waals surface area contributed by atoms with E-state index in [0.29, 0.717) is 6.61 Å². The number of hydrogen-bond donors (Lipinski definition) is 0.